The third-order valence-corrected chi connectivity index (χ3v) is 14.9. The molecule has 9 aromatic carbocycles. The molecule has 0 radical (unpaired) electrons. The van der Waals surface area contributed by atoms with Crippen LogP contribution in [0.2, 0.25) is 0 Å². The number of anilines is 3. The molecule has 268 valence electrons. The summed E-state index contributed by atoms with van der Waals surface area (Å²) in [5.74, 6) is 0. The number of aromatic amines is 1. The van der Waals surface area contributed by atoms with Crippen molar-refractivity contribution in [2.45, 2.75) is 0 Å². The average molecular weight is 773 g/mol. The van der Waals surface area contributed by atoms with Crippen LogP contribution in [0, 0.1) is 0 Å². The van der Waals surface area contributed by atoms with Crippen molar-refractivity contribution >= 4 is 153 Å². The first-order chi connectivity index (χ1) is 28.7. The van der Waals surface area contributed by atoms with Gasteiger partial charge in [-0.1, -0.05) is 103 Å². The Morgan fingerprint density at radius 2 is 1.17 bits per heavy atom. The normalized spacial score (nSPS) is 12.9. The van der Waals surface area contributed by atoms with Gasteiger partial charge >= 0.3 is 0 Å². The summed E-state index contributed by atoms with van der Waals surface area (Å²) < 4.78 is 12.3. The van der Waals surface area contributed by atoms with Gasteiger partial charge in [0, 0.05) is 84.3 Å². The molecule has 58 heavy (non-hydrogen) atoms. The number of nitrogens with one attached hydrogen (secondary N) is 1. The predicted octanol–water partition coefficient (Wildman–Crippen LogP) is 13.9. The van der Waals surface area contributed by atoms with Crippen molar-refractivity contribution in [2.24, 2.45) is 0 Å². The molecule has 0 unspecified atom stereocenters. The van der Waals surface area contributed by atoms with E-state index in [2.05, 4.69) is 174 Å². The van der Waals surface area contributed by atoms with Crippen LogP contribution in [-0.2, 0) is 0 Å². The van der Waals surface area contributed by atoms with E-state index in [1.54, 1.807) is 0 Å². The summed E-state index contributed by atoms with van der Waals surface area (Å²) in [6.45, 7) is 0. The van der Waals surface area contributed by atoms with E-state index in [9.17, 15) is 0 Å². The van der Waals surface area contributed by atoms with Gasteiger partial charge in [-0.05, 0) is 88.5 Å². The Morgan fingerprint density at radius 3 is 2.02 bits per heavy atom. The average Bonchev–Trinajstić information content (AvgIpc) is 4.03. The van der Waals surface area contributed by atoms with E-state index in [0.717, 1.165) is 51.6 Å². The predicted molar refractivity (Wildman–Crippen MR) is 253 cm³/mol. The number of H-pyrrole nitrogens is 1. The van der Waals surface area contributed by atoms with Crippen LogP contribution < -0.4 is 15.8 Å². The number of benzene rings is 9. The minimum absolute atomic E-state index is 0.776. The van der Waals surface area contributed by atoms with Crippen molar-refractivity contribution in [3.05, 3.63) is 164 Å². The van der Waals surface area contributed by atoms with Gasteiger partial charge in [0.1, 0.15) is 5.58 Å². The third-order valence-electron chi connectivity index (χ3n) is 12.6. The Kier molecular flexibility index (Phi) is 6.13. The Labute approximate surface area is 340 Å². The summed E-state index contributed by atoms with van der Waals surface area (Å²) in [5.41, 5.74) is 12.6. The van der Waals surface area contributed by atoms with Crippen LogP contribution in [-0.4, -0.2) is 12.3 Å². The van der Waals surface area contributed by atoms with Crippen LogP contribution in [0.4, 0.5) is 17.1 Å². The van der Waals surface area contributed by atoms with Gasteiger partial charge in [0.05, 0.1) is 11.2 Å². The summed E-state index contributed by atoms with van der Waals surface area (Å²) >= 11 is 3.75. The lowest BCUT2D eigenvalue weighted by Gasteiger charge is -2.35. The molecule has 3 nitrogen and oxygen atoms in total. The molecule has 0 spiro atoms. The fourth-order valence-corrected chi connectivity index (χ4v) is 12.2. The van der Waals surface area contributed by atoms with E-state index < -0.39 is 0 Å². The highest BCUT2D eigenvalue weighted by molar-refractivity contribution is 7.26. The van der Waals surface area contributed by atoms with Gasteiger partial charge in [-0.15, -0.1) is 22.7 Å². The highest BCUT2D eigenvalue weighted by atomic mass is 32.1. The van der Waals surface area contributed by atoms with Crippen LogP contribution >= 0.6 is 22.7 Å². The van der Waals surface area contributed by atoms with Crippen LogP contribution in [0.15, 0.2) is 168 Å². The largest absolute Gasteiger partial charge is 0.454 e. The molecule has 14 rings (SSSR count). The van der Waals surface area contributed by atoms with Crippen molar-refractivity contribution < 1.29 is 4.42 Å². The van der Waals surface area contributed by atoms with E-state index >= 15 is 0 Å². The van der Waals surface area contributed by atoms with E-state index in [1.807, 2.05) is 22.7 Å². The molecule has 0 saturated heterocycles. The molecular formula is C52H29BN2OS2. The van der Waals surface area contributed by atoms with Gasteiger partial charge in [0.2, 0.25) is 0 Å². The van der Waals surface area contributed by atoms with Gasteiger partial charge in [-0.25, -0.2) is 0 Å². The third kappa shape index (κ3) is 4.23. The van der Waals surface area contributed by atoms with Gasteiger partial charge < -0.3 is 14.3 Å². The first kappa shape index (κ1) is 31.3. The van der Waals surface area contributed by atoms with E-state index in [1.165, 1.54) is 89.6 Å². The van der Waals surface area contributed by atoms with Crippen molar-refractivity contribution in [1.82, 2.24) is 4.98 Å². The lowest BCUT2D eigenvalue weighted by molar-refractivity contribution is 0.669. The second-order valence-electron chi connectivity index (χ2n) is 15.7. The van der Waals surface area contributed by atoms with Crippen molar-refractivity contribution in [3.8, 4) is 11.1 Å². The number of rotatable bonds is 2. The van der Waals surface area contributed by atoms with E-state index in [4.69, 9.17) is 4.42 Å². The number of nitrogens with zero attached hydrogens (tertiary/aromatic N) is 1. The molecule has 5 heterocycles. The quantitative estimate of drug-likeness (QED) is 0.178. The summed E-state index contributed by atoms with van der Waals surface area (Å²) in [6.07, 6.45) is 0. The topological polar surface area (TPSA) is 32.2 Å². The SMILES string of the molecule is B1c2cc3sc4ccccc4c3cc2N(c2ccc3sc4ccccc4c3c2)c2c1c(-c1cccc3c1[nH]c1cc4ccccc4cc13)cc1c2oc2ccccc21. The number of aromatic nitrogens is 1. The maximum atomic E-state index is 7.03. The molecule has 0 bridgehead atoms. The zero-order chi connectivity index (χ0) is 37.6. The number of hydrogen-bond acceptors (Lipinski definition) is 4. The Bertz CT molecular complexity index is 3920. The fraction of sp³-hybridized carbons (Fsp3) is 0. The summed E-state index contributed by atoms with van der Waals surface area (Å²) in [6, 6.07) is 60.6. The first-order valence-corrected chi connectivity index (χ1v) is 21.4. The molecular weight excluding hydrogens is 744 g/mol. The van der Waals surface area contributed by atoms with Crippen molar-refractivity contribution in [1.29, 1.82) is 0 Å². The lowest BCUT2D eigenvalue weighted by Crippen LogP contribution is -2.41. The minimum Gasteiger partial charge on any atom is -0.454 e. The van der Waals surface area contributed by atoms with Crippen molar-refractivity contribution in [3.63, 3.8) is 0 Å². The molecule has 13 aromatic rings. The minimum atomic E-state index is 0.776. The molecule has 0 amide bonds. The molecule has 1 aliphatic heterocycles. The maximum Gasteiger partial charge on any atom is 0.198 e. The van der Waals surface area contributed by atoms with Gasteiger partial charge in [0.25, 0.3) is 0 Å². The molecule has 0 atom stereocenters. The summed E-state index contributed by atoms with van der Waals surface area (Å²) in [4.78, 5) is 6.45. The Hall–Kier alpha value is -6.86. The molecule has 1 aliphatic rings. The number of hydrogen-bond donors (Lipinski definition) is 1. The number of furan rings is 1. The Morgan fingerprint density at radius 1 is 0.483 bits per heavy atom. The zero-order valence-electron chi connectivity index (χ0n) is 31.0. The van der Waals surface area contributed by atoms with E-state index in [0.29, 0.717) is 0 Å². The summed E-state index contributed by atoms with van der Waals surface area (Å²) in [5, 5.41) is 12.4. The number of thiophene rings is 2. The van der Waals surface area contributed by atoms with Crippen LogP contribution in [0.25, 0.3) is 106 Å². The summed E-state index contributed by atoms with van der Waals surface area (Å²) in [7, 11) is 0.776. The zero-order valence-corrected chi connectivity index (χ0v) is 32.6. The number of fused-ring (bicyclic) bond motifs is 16. The molecule has 0 saturated carbocycles. The lowest BCUT2D eigenvalue weighted by atomic mass is 9.58. The Balaban J connectivity index is 1.12. The standard InChI is InChI=1S/C52H29BN2OS2/c1-2-11-29-23-42-36(22-28(29)10-1)34-15-9-16-35(50(34)54-42)39-25-40-31-12-3-6-17-44(31)56-52(40)51-49(39)53-41-27-48-38(33-14-5-8-19-46(33)58-48)26-43(41)55(51)30-20-21-47-37(24-30)32-13-4-7-18-45(32)57-47/h1-27,53-54H. The van der Waals surface area contributed by atoms with Gasteiger partial charge in [-0.3, -0.25) is 0 Å². The molecule has 1 N–H and O–H groups in total. The van der Waals surface area contributed by atoms with E-state index in [-0.39, 0.29) is 0 Å². The maximum absolute atomic E-state index is 7.03. The highest BCUT2D eigenvalue weighted by Crippen LogP contribution is 2.48. The smallest absolute Gasteiger partial charge is 0.198 e. The van der Waals surface area contributed by atoms with Crippen LogP contribution in [0.5, 0.6) is 0 Å². The number of para-hydroxylation sites is 2. The second-order valence-corrected chi connectivity index (χ2v) is 17.9. The molecule has 0 fully saturated rings. The van der Waals surface area contributed by atoms with Gasteiger partial charge in [0.15, 0.2) is 12.9 Å². The second kappa shape index (κ2) is 11.4. The monoisotopic (exact) mass is 772 g/mol. The molecule has 6 heteroatoms. The van der Waals surface area contributed by atoms with Crippen LogP contribution in [0.1, 0.15) is 0 Å². The van der Waals surface area contributed by atoms with Crippen molar-refractivity contribution in [2.75, 3.05) is 4.90 Å². The first-order valence-electron chi connectivity index (χ1n) is 19.8. The molecule has 0 aliphatic carbocycles. The van der Waals surface area contributed by atoms with Gasteiger partial charge in [-0.2, -0.15) is 0 Å². The molecule has 4 aromatic heterocycles. The van der Waals surface area contributed by atoms with Crippen LogP contribution in [0.3, 0.4) is 0 Å². The highest BCUT2D eigenvalue weighted by Gasteiger charge is 2.33. The fourth-order valence-electron chi connectivity index (χ4n) is 9.96.